The maximum absolute atomic E-state index is 13.9. The number of fused-ring (bicyclic) bond motifs is 7. The quantitative estimate of drug-likeness (QED) is 0.0825. The van der Waals surface area contributed by atoms with E-state index in [0.29, 0.717) is 28.9 Å². The van der Waals surface area contributed by atoms with Gasteiger partial charge in [-0.15, -0.1) is 0 Å². The lowest BCUT2D eigenvalue weighted by molar-refractivity contribution is 0.0473. The van der Waals surface area contributed by atoms with Crippen LogP contribution in [-0.4, -0.2) is 42.2 Å². The van der Waals surface area contributed by atoms with Crippen molar-refractivity contribution in [3.8, 4) is 84.9 Å². The number of hydrogen-bond acceptors (Lipinski definition) is 9. The highest BCUT2D eigenvalue weighted by atomic mass is 16.5. The molecule has 18 rings (SSSR count). The van der Waals surface area contributed by atoms with Gasteiger partial charge < -0.3 is 19.1 Å². The van der Waals surface area contributed by atoms with Crippen LogP contribution in [-0.2, 0) is 11.3 Å². The summed E-state index contributed by atoms with van der Waals surface area (Å²) in [5.41, 5.74) is 23.5. The summed E-state index contributed by atoms with van der Waals surface area (Å²) in [6, 6.07) is 115. The number of ether oxygens (including phenoxy) is 1. The average molecular weight is 1260 g/mol. The van der Waals surface area contributed by atoms with Gasteiger partial charge in [0.15, 0.2) is 23.3 Å². The van der Waals surface area contributed by atoms with Gasteiger partial charge in [0.25, 0.3) is 6.71 Å². The van der Waals surface area contributed by atoms with E-state index in [9.17, 15) is 4.79 Å². The van der Waals surface area contributed by atoms with Crippen LogP contribution in [0.2, 0.25) is 0 Å². The van der Waals surface area contributed by atoms with Gasteiger partial charge in [-0.25, -0.2) is 29.7 Å². The Morgan fingerprint density at radius 1 is 0.327 bits per heavy atom. The van der Waals surface area contributed by atoms with E-state index in [-0.39, 0.29) is 13.3 Å². The molecule has 0 N–H and O–H groups in total. The molecular weight excluding hydrogens is 1200 g/mol. The van der Waals surface area contributed by atoms with Gasteiger partial charge in [-0.3, -0.25) is 0 Å². The Balaban J connectivity index is 0.754. The molecule has 16 aromatic rings. The van der Waals surface area contributed by atoms with Gasteiger partial charge in [0.2, 0.25) is 0 Å². The molecule has 0 aliphatic carbocycles. The third kappa shape index (κ3) is 10.2. The fourth-order valence-corrected chi connectivity index (χ4v) is 14.2. The molecule has 0 atom stereocenters. The van der Waals surface area contributed by atoms with Crippen molar-refractivity contribution in [3.63, 3.8) is 0 Å². The van der Waals surface area contributed by atoms with Crippen LogP contribution in [0.15, 0.2) is 334 Å². The van der Waals surface area contributed by atoms with E-state index >= 15 is 0 Å². The SMILES string of the molecule is O=C(OCc1ccccc1)c1ccc2c(c1)c1ccccc1n2-c1ccc(-c2cc(-c3ccccc3)nc(-c3ccccc3)n2)cc1-c1nc(-c2ccccc2)nc(-c2ccc(-c3ccc(N4c5ccccc5B5c6ccccc6N(c6ccccc6)c6cccc4c65)cc3)cc2)n1. The third-order valence-electron chi connectivity index (χ3n) is 18.8. The average Bonchev–Trinajstić information content (AvgIpc) is 0.831. The molecule has 0 unspecified atom stereocenters. The van der Waals surface area contributed by atoms with E-state index in [4.69, 9.17) is 29.7 Å². The first-order valence-electron chi connectivity index (χ1n) is 32.9. The van der Waals surface area contributed by atoms with Crippen LogP contribution in [0, 0.1) is 0 Å². The maximum atomic E-state index is 13.9. The molecule has 0 fully saturated rings. The van der Waals surface area contributed by atoms with E-state index in [2.05, 4.69) is 208 Å². The van der Waals surface area contributed by atoms with Crippen molar-refractivity contribution in [2.24, 2.45) is 0 Å². The zero-order valence-electron chi connectivity index (χ0n) is 52.9. The molecule has 13 aromatic carbocycles. The fourth-order valence-electron chi connectivity index (χ4n) is 14.2. The van der Waals surface area contributed by atoms with Gasteiger partial charge in [-0.1, -0.05) is 243 Å². The topological polar surface area (TPSA) is 102 Å². The summed E-state index contributed by atoms with van der Waals surface area (Å²) >= 11 is 0. The highest BCUT2D eigenvalue weighted by Crippen LogP contribution is 2.45. The minimum Gasteiger partial charge on any atom is -0.457 e. The lowest BCUT2D eigenvalue weighted by atomic mass is 9.33. The molecule has 2 aliphatic heterocycles. The lowest BCUT2D eigenvalue weighted by Crippen LogP contribution is -2.61. The summed E-state index contributed by atoms with van der Waals surface area (Å²) in [5, 5.41) is 1.86. The van der Waals surface area contributed by atoms with Crippen LogP contribution >= 0.6 is 0 Å². The molecule has 0 bridgehead atoms. The van der Waals surface area contributed by atoms with Crippen molar-refractivity contribution in [2.45, 2.75) is 6.61 Å². The van der Waals surface area contributed by atoms with Crippen molar-refractivity contribution in [3.05, 3.63) is 345 Å². The van der Waals surface area contributed by atoms with Gasteiger partial charge >= 0.3 is 5.97 Å². The molecular formula is C87H57BN8O2. The fraction of sp³-hybridized carbons (Fsp3) is 0.0115. The Hall–Kier alpha value is -13.1. The van der Waals surface area contributed by atoms with Crippen molar-refractivity contribution in [2.75, 3.05) is 9.80 Å². The van der Waals surface area contributed by atoms with Crippen LogP contribution in [0.1, 0.15) is 15.9 Å². The van der Waals surface area contributed by atoms with E-state index in [1.54, 1.807) is 0 Å². The first-order chi connectivity index (χ1) is 48.5. The Morgan fingerprint density at radius 3 is 1.42 bits per heavy atom. The van der Waals surface area contributed by atoms with E-state index in [1.807, 2.05) is 140 Å². The van der Waals surface area contributed by atoms with Crippen LogP contribution < -0.4 is 26.2 Å². The molecule has 0 amide bonds. The Kier molecular flexibility index (Phi) is 14.3. The van der Waals surface area contributed by atoms with Crippen LogP contribution in [0.4, 0.5) is 34.1 Å². The summed E-state index contributed by atoms with van der Waals surface area (Å²) in [5.74, 6) is 1.69. The maximum Gasteiger partial charge on any atom is 0.338 e. The number of carbonyl (C=O) groups is 1. The number of hydrogen-bond donors (Lipinski definition) is 0. The summed E-state index contributed by atoms with van der Waals surface area (Å²) in [4.78, 5) is 45.4. The number of aromatic nitrogens is 6. The molecule has 3 aromatic heterocycles. The smallest absolute Gasteiger partial charge is 0.338 e. The van der Waals surface area contributed by atoms with Crippen LogP contribution in [0.25, 0.3) is 107 Å². The Morgan fingerprint density at radius 2 is 0.786 bits per heavy atom. The first kappa shape index (κ1) is 57.5. The molecule has 0 saturated carbocycles. The highest BCUT2D eigenvalue weighted by molar-refractivity contribution is 7.00. The van der Waals surface area contributed by atoms with Crippen LogP contribution in [0.5, 0.6) is 0 Å². The normalized spacial score (nSPS) is 12.1. The molecule has 5 heterocycles. The van der Waals surface area contributed by atoms with E-state index in [1.165, 1.54) is 33.5 Å². The molecule has 460 valence electrons. The van der Waals surface area contributed by atoms with Gasteiger partial charge in [0.05, 0.1) is 33.7 Å². The summed E-state index contributed by atoms with van der Waals surface area (Å²) in [6.07, 6.45) is 0. The minimum atomic E-state index is -0.402. The number of carbonyl (C=O) groups excluding carboxylic acids is 1. The van der Waals surface area contributed by atoms with Crippen molar-refractivity contribution >= 4 is 85.0 Å². The van der Waals surface area contributed by atoms with Crippen molar-refractivity contribution in [1.29, 1.82) is 0 Å². The largest absolute Gasteiger partial charge is 0.457 e. The number of esters is 1. The lowest BCUT2D eigenvalue weighted by Gasteiger charge is -2.44. The summed E-state index contributed by atoms with van der Waals surface area (Å²) < 4.78 is 8.13. The minimum absolute atomic E-state index is 0.0609. The van der Waals surface area contributed by atoms with E-state index < -0.39 is 5.97 Å². The molecule has 0 radical (unpaired) electrons. The highest BCUT2D eigenvalue weighted by Gasteiger charge is 2.43. The summed E-state index contributed by atoms with van der Waals surface area (Å²) in [7, 11) is 0. The predicted molar refractivity (Wildman–Crippen MR) is 397 cm³/mol. The van der Waals surface area contributed by atoms with Crippen molar-refractivity contribution < 1.29 is 9.53 Å². The zero-order valence-corrected chi connectivity index (χ0v) is 52.9. The number of anilines is 6. The van der Waals surface area contributed by atoms with Crippen molar-refractivity contribution in [1.82, 2.24) is 29.5 Å². The van der Waals surface area contributed by atoms with Gasteiger partial charge in [0.1, 0.15) is 6.61 Å². The molecule has 0 spiro atoms. The van der Waals surface area contributed by atoms with E-state index in [0.717, 1.165) is 106 Å². The predicted octanol–water partition coefficient (Wildman–Crippen LogP) is 18.9. The second-order valence-electron chi connectivity index (χ2n) is 24.6. The first-order valence-corrected chi connectivity index (χ1v) is 32.9. The monoisotopic (exact) mass is 1260 g/mol. The van der Waals surface area contributed by atoms with Crippen LogP contribution in [0.3, 0.4) is 0 Å². The molecule has 98 heavy (non-hydrogen) atoms. The number of rotatable bonds is 13. The molecule has 2 aliphatic rings. The Labute approximate surface area is 566 Å². The number of benzene rings is 13. The molecule has 10 nitrogen and oxygen atoms in total. The summed E-state index contributed by atoms with van der Waals surface area (Å²) in [6.45, 7) is 0.225. The molecule has 11 heteroatoms. The number of nitrogens with zero attached hydrogens (tertiary/aromatic N) is 8. The van der Waals surface area contributed by atoms with Gasteiger partial charge in [-0.05, 0) is 124 Å². The standard InChI is InChI=1S/C87H57BN8O2/c97-87(98-56-57-23-6-1-7-24-57)65-48-52-76-69(54-65)68-33-16-19-36-75(68)96(76)77-51-47-64(74-55-73(60-25-8-2-9-26-60)89-83(90-74)61-27-10-3-11-28-61)53-70(77)86-92-84(62-29-12-4-13-30-62)91-85(93-86)63-43-41-58(42-44-63)59-45-49-67(50-46-59)95-79-38-21-18-35-72(79)88-71-34-17-20-37-78(71)94(66-31-14-5-15-32-66)80-39-22-40-81(95)82(80)88/h1-55H,56H2. The zero-order chi connectivity index (χ0) is 65.0. The number of para-hydroxylation sites is 4. The second-order valence-corrected chi connectivity index (χ2v) is 24.6. The third-order valence-corrected chi connectivity index (χ3v) is 18.8. The second kappa shape index (κ2) is 24.3. The molecule has 0 saturated heterocycles. The Bertz CT molecular complexity index is 5660. The van der Waals surface area contributed by atoms with Gasteiger partial charge in [-0.2, -0.15) is 0 Å². The van der Waals surface area contributed by atoms with Gasteiger partial charge in [0, 0.05) is 78.3 Å².